The summed E-state index contributed by atoms with van der Waals surface area (Å²) in [4.78, 5) is 11.7. The van der Waals surface area contributed by atoms with Crippen LogP contribution in [0.2, 0.25) is 0 Å². The lowest BCUT2D eigenvalue weighted by atomic mass is 10.0. The third-order valence-corrected chi connectivity index (χ3v) is 2.87. The Bertz CT molecular complexity index is 600. The van der Waals surface area contributed by atoms with Crippen LogP contribution in [0.5, 0.6) is 0 Å². The molecule has 0 bridgehead atoms. The van der Waals surface area contributed by atoms with Gasteiger partial charge in [0, 0.05) is 6.54 Å². The standard InChI is InChI=1S/C18H21NO2/c1-18(2,3)21-17(20)19-13-14-8-7-11-16(12-14)15-9-5-4-6-10-15/h4-12H,13H2,1-3H3,(H,19,20). The lowest BCUT2D eigenvalue weighted by Crippen LogP contribution is -2.32. The summed E-state index contributed by atoms with van der Waals surface area (Å²) >= 11 is 0. The first-order valence-electron chi connectivity index (χ1n) is 7.05. The molecule has 2 aromatic carbocycles. The van der Waals surface area contributed by atoms with Crippen LogP contribution in [0.3, 0.4) is 0 Å². The maximum Gasteiger partial charge on any atom is 0.407 e. The normalized spacial score (nSPS) is 11.0. The first kappa shape index (κ1) is 15.1. The van der Waals surface area contributed by atoms with Gasteiger partial charge in [0.25, 0.3) is 0 Å². The van der Waals surface area contributed by atoms with Crippen LogP contribution in [0.15, 0.2) is 54.6 Å². The van der Waals surface area contributed by atoms with E-state index < -0.39 is 11.7 Å². The lowest BCUT2D eigenvalue weighted by molar-refractivity contribution is 0.0523. The Labute approximate surface area is 126 Å². The van der Waals surface area contributed by atoms with Gasteiger partial charge in [-0.2, -0.15) is 0 Å². The van der Waals surface area contributed by atoms with Crippen molar-refractivity contribution in [1.29, 1.82) is 0 Å². The van der Waals surface area contributed by atoms with Crippen molar-refractivity contribution in [2.24, 2.45) is 0 Å². The van der Waals surface area contributed by atoms with Gasteiger partial charge in [0.05, 0.1) is 0 Å². The molecule has 21 heavy (non-hydrogen) atoms. The topological polar surface area (TPSA) is 38.3 Å². The molecule has 2 rings (SSSR count). The van der Waals surface area contributed by atoms with Crippen LogP contribution in [-0.4, -0.2) is 11.7 Å². The predicted octanol–water partition coefficient (Wildman–Crippen LogP) is 4.38. The summed E-state index contributed by atoms with van der Waals surface area (Å²) in [5.41, 5.74) is 2.87. The summed E-state index contributed by atoms with van der Waals surface area (Å²) < 4.78 is 5.22. The van der Waals surface area contributed by atoms with E-state index in [0.29, 0.717) is 6.54 Å². The Balaban J connectivity index is 2.01. The Kier molecular flexibility index (Phi) is 4.63. The highest BCUT2D eigenvalue weighted by molar-refractivity contribution is 5.68. The van der Waals surface area contributed by atoms with E-state index in [1.807, 2.05) is 51.1 Å². The number of alkyl carbamates (subject to hydrolysis) is 1. The fourth-order valence-corrected chi connectivity index (χ4v) is 1.98. The van der Waals surface area contributed by atoms with Crippen LogP contribution in [-0.2, 0) is 11.3 Å². The van der Waals surface area contributed by atoms with Gasteiger partial charge in [-0.3, -0.25) is 0 Å². The lowest BCUT2D eigenvalue weighted by Gasteiger charge is -2.19. The number of carbonyl (C=O) groups is 1. The second-order valence-electron chi connectivity index (χ2n) is 5.92. The van der Waals surface area contributed by atoms with E-state index in [4.69, 9.17) is 4.74 Å². The average molecular weight is 283 g/mol. The molecule has 0 aromatic heterocycles. The summed E-state index contributed by atoms with van der Waals surface area (Å²) in [5.74, 6) is 0. The minimum absolute atomic E-state index is 0.396. The molecule has 3 nitrogen and oxygen atoms in total. The molecule has 0 atom stereocenters. The van der Waals surface area contributed by atoms with Crippen molar-refractivity contribution >= 4 is 6.09 Å². The quantitative estimate of drug-likeness (QED) is 0.908. The zero-order valence-corrected chi connectivity index (χ0v) is 12.7. The molecule has 0 heterocycles. The van der Waals surface area contributed by atoms with Crippen molar-refractivity contribution in [1.82, 2.24) is 5.32 Å². The second kappa shape index (κ2) is 6.44. The number of nitrogens with one attached hydrogen (secondary N) is 1. The number of rotatable bonds is 3. The maximum absolute atomic E-state index is 11.7. The van der Waals surface area contributed by atoms with Crippen molar-refractivity contribution in [3.8, 4) is 11.1 Å². The van der Waals surface area contributed by atoms with Crippen LogP contribution in [0, 0.1) is 0 Å². The zero-order chi connectivity index (χ0) is 15.3. The van der Waals surface area contributed by atoms with Gasteiger partial charge < -0.3 is 10.1 Å². The third kappa shape index (κ3) is 4.95. The van der Waals surface area contributed by atoms with Crippen LogP contribution in [0.1, 0.15) is 26.3 Å². The van der Waals surface area contributed by atoms with Gasteiger partial charge in [-0.1, -0.05) is 48.5 Å². The highest BCUT2D eigenvalue weighted by Gasteiger charge is 2.15. The Morgan fingerprint density at radius 3 is 2.33 bits per heavy atom. The van der Waals surface area contributed by atoms with Crippen molar-refractivity contribution in [2.75, 3.05) is 0 Å². The van der Waals surface area contributed by atoms with E-state index in [9.17, 15) is 4.79 Å². The van der Waals surface area contributed by atoms with Crippen molar-refractivity contribution < 1.29 is 9.53 Å². The molecule has 0 aliphatic carbocycles. The van der Waals surface area contributed by atoms with Gasteiger partial charge in [0.2, 0.25) is 0 Å². The monoisotopic (exact) mass is 283 g/mol. The van der Waals surface area contributed by atoms with Crippen molar-refractivity contribution in [3.05, 3.63) is 60.2 Å². The summed E-state index contributed by atoms with van der Waals surface area (Å²) in [6.45, 7) is 6.00. The molecule has 0 spiro atoms. The van der Waals surface area contributed by atoms with Crippen LogP contribution < -0.4 is 5.32 Å². The molecule has 0 radical (unpaired) electrons. The summed E-state index contributed by atoms with van der Waals surface area (Å²) in [6, 6.07) is 18.3. The maximum atomic E-state index is 11.7. The molecule has 0 fully saturated rings. The first-order valence-corrected chi connectivity index (χ1v) is 7.05. The van der Waals surface area contributed by atoms with Gasteiger partial charge in [-0.15, -0.1) is 0 Å². The largest absolute Gasteiger partial charge is 0.444 e. The van der Waals surface area contributed by atoms with E-state index in [2.05, 4.69) is 29.6 Å². The number of hydrogen-bond donors (Lipinski definition) is 1. The summed E-state index contributed by atoms with van der Waals surface area (Å²) in [7, 11) is 0. The molecular weight excluding hydrogens is 262 g/mol. The molecule has 0 aliphatic heterocycles. The number of hydrogen-bond acceptors (Lipinski definition) is 2. The first-order chi connectivity index (χ1) is 9.94. The molecule has 0 saturated carbocycles. The van der Waals surface area contributed by atoms with Gasteiger partial charge in [-0.05, 0) is 43.5 Å². The minimum atomic E-state index is -0.476. The SMILES string of the molecule is CC(C)(C)OC(=O)NCc1cccc(-c2ccccc2)c1. The average Bonchev–Trinajstić information content (AvgIpc) is 2.45. The summed E-state index contributed by atoms with van der Waals surface area (Å²) in [5, 5.41) is 2.77. The van der Waals surface area contributed by atoms with E-state index >= 15 is 0 Å². The van der Waals surface area contributed by atoms with Gasteiger partial charge in [0.1, 0.15) is 5.60 Å². The number of benzene rings is 2. The summed E-state index contributed by atoms with van der Waals surface area (Å²) in [6.07, 6.45) is -0.396. The van der Waals surface area contributed by atoms with E-state index in [0.717, 1.165) is 16.7 Å². The highest BCUT2D eigenvalue weighted by Crippen LogP contribution is 2.20. The molecule has 0 saturated heterocycles. The highest BCUT2D eigenvalue weighted by atomic mass is 16.6. The van der Waals surface area contributed by atoms with Gasteiger partial charge >= 0.3 is 6.09 Å². The fourth-order valence-electron chi connectivity index (χ4n) is 1.98. The van der Waals surface area contributed by atoms with Gasteiger partial charge in [-0.25, -0.2) is 4.79 Å². The molecule has 0 unspecified atom stereocenters. The molecule has 3 heteroatoms. The second-order valence-corrected chi connectivity index (χ2v) is 5.92. The minimum Gasteiger partial charge on any atom is -0.444 e. The predicted molar refractivity (Wildman–Crippen MR) is 85.0 cm³/mol. The van der Waals surface area contributed by atoms with E-state index in [-0.39, 0.29) is 0 Å². The number of amides is 1. The third-order valence-electron chi connectivity index (χ3n) is 2.87. The fraction of sp³-hybridized carbons (Fsp3) is 0.278. The van der Waals surface area contributed by atoms with Crippen LogP contribution in [0.25, 0.3) is 11.1 Å². The number of carbonyl (C=O) groups excluding carboxylic acids is 1. The van der Waals surface area contributed by atoms with Gasteiger partial charge in [0.15, 0.2) is 0 Å². The van der Waals surface area contributed by atoms with Crippen LogP contribution >= 0.6 is 0 Å². The Morgan fingerprint density at radius 1 is 1.00 bits per heavy atom. The molecule has 1 N–H and O–H groups in total. The number of ether oxygens (including phenoxy) is 1. The molecule has 0 aliphatic rings. The smallest absolute Gasteiger partial charge is 0.407 e. The Hall–Kier alpha value is -2.29. The van der Waals surface area contributed by atoms with E-state index in [1.54, 1.807) is 0 Å². The van der Waals surface area contributed by atoms with Crippen molar-refractivity contribution in [3.63, 3.8) is 0 Å². The molecule has 1 amide bonds. The molecular formula is C18H21NO2. The van der Waals surface area contributed by atoms with Crippen LogP contribution in [0.4, 0.5) is 4.79 Å². The molecule has 2 aromatic rings. The molecule has 110 valence electrons. The zero-order valence-electron chi connectivity index (χ0n) is 12.7. The van der Waals surface area contributed by atoms with Crippen molar-refractivity contribution in [2.45, 2.75) is 32.9 Å². The van der Waals surface area contributed by atoms with E-state index in [1.165, 1.54) is 0 Å². The Morgan fingerprint density at radius 2 is 1.67 bits per heavy atom.